The summed E-state index contributed by atoms with van der Waals surface area (Å²) in [7, 11) is 0. The van der Waals surface area contributed by atoms with Crippen molar-refractivity contribution in [3.63, 3.8) is 0 Å². The molecule has 0 aliphatic carbocycles. The Hall–Kier alpha value is -2.38. The molecule has 3 nitrogen and oxygen atoms in total. The molecular formula is C20H21NO2S. The molecule has 0 atom stereocenters. The summed E-state index contributed by atoms with van der Waals surface area (Å²) in [5.74, 6) is 6.43. The van der Waals surface area contributed by atoms with E-state index >= 15 is 0 Å². The van der Waals surface area contributed by atoms with E-state index in [-0.39, 0.29) is 11.7 Å². The average Bonchev–Trinajstić information content (AvgIpc) is 3.04. The largest absolute Gasteiger partial charge is 0.327 e. The molecule has 0 saturated heterocycles. The Morgan fingerprint density at radius 2 is 1.75 bits per heavy atom. The van der Waals surface area contributed by atoms with Crippen LogP contribution in [0.1, 0.15) is 45.7 Å². The molecule has 0 saturated carbocycles. The lowest BCUT2D eigenvalue weighted by Gasteiger charge is -2.21. The zero-order valence-electron chi connectivity index (χ0n) is 14.2. The van der Waals surface area contributed by atoms with E-state index in [1.165, 1.54) is 18.3 Å². The third-order valence-electron chi connectivity index (χ3n) is 3.31. The van der Waals surface area contributed by atoms with Gasteiger partial charge in [0.05, 0.1) is 16.3 Å². The molecule has 0 spiro atoms. The van der Waals surface area contributed by atoms with E-state index in [9.17, 15) is 9.59 Å². The number of carbonyl (C=O) groups is 2. The van der Waals surface area contributed by atoms with Gasteiger partial charge in [0.1, 0.15) is 0 Å². The molecule has 1 amide bonds. The molecule has 1 aromatic carbocycles. The fourth-order valence-electron chi connectivity index (χ4n) is 2.22. The van der Waals surface area contributed by atoms with Crippen LogP contribution in [0.5, 0.6) is 0 Å². The number of hydrogen-bond acceptors (Lipinski definition) is 3. The number of rotatable bonds is 5. The first kappa shape index (κ1) is 18.0. The average molecular weight is 339 g/mol. The fourth-order valence-corrected chi connectivity index (χ4v) is 3.09. The van der Waals surface area contributed by atoms with Crippen LogP contribution in [-0.4, -0.2) is 29.7 Å². The Balaban J connectivity index is 2.13. The standard InChI is InChI=1S/C20H21NO2S/c1-15(2)14-21(13-7-10-17-8-5-4-6-9-17)20(23)19-12-11-18(24-19)16(3)22/h4-6,8-9,11-12,15H,13-14H2,1-3H3. The summed E-state index contributed by atoms with van der Waals surface area (Å²) in [6.45, 7) is 6.66. The van der Waals surface area contributed by atoms with Crippen molar-refractivity contribution in [1.29, 1.82) is 0 Å². The van der Waals surface area contributed by atoms with Crippen molar-refractivity contribution in [3.8, 4) is 11.8 Å². The quantitative estimate of drug-likeness (QED) is 0.607. The van der Waals surface area contributed by atoms with Crippen LogP contribution in [0.3, 0.4) is 0 Å². The minimum Gasteiger partial charge on any atom is -0.327 e. The third-order valence-corrected chi connectivity index (χ3v) is 4.49. The van der Waals surface area contributed by atoms with Crippen LogP contribution < -0.4 is 0 Å². The molecule has 0 unspecified atom stereocenters. The second kappa shape index (κ2) is 8.47. The van der Waals surface area contributed by atoms with E-state index in [4.69, 9.17) is 0 Å². The maximum atomic E-state index is 12.7. The minimum atomic E-state index is -0.0661. The Morgan fingerprint density at radius 3 is 2.33 bits per heavy atom. The van der Waals surface area contributed by atoms with Gasteiger partial charge in [-0.1, -0.05) is 43.9 Å². The Kier molecular flexibility index (Phi) is 6.34. The second-order valence-corrected chi connectivity index (χ2v) is 7.05. The van der Waals surface area contributed by atoms with Gasteiger partial charge >= 0.3 is 0 Å². The number of carbonyl (C=O) groups excluding carboxylic acids is 2. The summed E-state index contributed by atoms with van der Waals surface area (Å²) < 4.78 is 0. The predicted octanol–water partition coefficient (Wildman–Crippen LogP) is 4.10. The lowest BCUT2D eigenvalue weighted by atomic mass is 10.2. The van der Waals surface area contributed by atoms with Gasteiger partial charge in [0.2, 0.25) is 0 Å². The predicted molar refractivity (Wildman–Crippen MR) is 98.4 cm³/mol. The van der Waals surface area contributed by atoms with Gasteiger partial charge in [-0.15, -0.1) is 11.3 Å². The van der Waals surface area contributed by atoms with E-state index in [2.05, 4.69) is 25.7 Å². The number of Topliss-reactive ketones (excluding diaryl/α,β-unsaturated/α-hetero) is 1. The van der Waals surface area contributed by atoms with E-state index < -0.39 is 0 Å². The Labute approximate surface area is 147 Å². The van der Waals surface area contributed by atoms with Crippen LogP contribution in [0.15, 0.2) is 42.5 Å². The molecule has 124 valence electrons. The van der Waals surface area contributed by atoms with Gasteiger partial charge in [0.15, 0.2) is 5.78 Å². The van der Waals surface area contributed by atoms with Crippen LogP contribution in [0.25, 0.3) is 0 Å². The van der Waals surface area contributed by atoms with Gasteiger partial charge in [-0.2, -0.15) is 0 Å². The number of hydrogen-bond donors (Lipinski definition) is 0. The Morgan fingerprint density at radius 1 is 1.08 bits per heavy atom. The van der Waals surface area contributed by atoms with Crippen molar-refractivity contribution in [3.05, 3.63) is 57.8 Å². The molecule has 0 N–H and O–H groups in total. The van der Waals surface area contributed by atoms with Gasteiger partial charge in [-0.3, -0.25) is 9.59 Å². The van der Waals surface area contributed by atoms with E-state index in [1.807, 2.05) is 30.3 Å². The van der Waals surface area contributed by atoms with Crippen molar-refractivity contribution >= 4 is 23.0 Å². The number of thiophene rings is 1. The molecule has 0 aliphatic heterocycles. The highest BCUT2D eigenvalue weighted by Crippen LogP contribution is 2.19. The number of ketones is 1. The summed E-state index contributed by atoms with van der Waals surface area (Å²) in [6, 6.07) is 13.2. The molecule has 0 aliphatic rings. The molecule has 4 heteroatoms. The molecule has 2 rings (SSSR count). The van der Waals surface area contributed by atoms with Crippen LogP contribution in [-0.2, 0) is 0 Å². The van der Waals surface area contributed by atoms with Gasteiger partial charge in [-0.25, -0.2) is 0 Å². The number of amides is 1. The highest BCUT2D eigenvalue weighted by atomic mass is 32.1. The van der Waals surface area contributed by atoms with Crippen LogP contribution in [0.4, 0.5) is 0 Å². The summed E-state index contributed by atoms with van der Waals surface area (Å²) >= 11 is 1.25. The molecular weight excluding hydrogens is 318 g/mol. The third kappa shape index (κ3) is 5.07. The molecule has 2 aromatic rings. The topological polar surface area (TPSA) is 37.4 Å². The van der Waals surface area contributed by atoms with Crippen molar-refractivity contribution in [1.82, 2.24) is 4.90 Å². The summed E-state index contributed by atoms with van der Waals surface area (Å²) in [5.41, 5.74) is 0.935. The maximum Gasteiger partial charge on any atom is 0.264 e. The van der Waals surface area contributed by atoms with Crippen LogP contribution >= 0.6 is 11.3 Å². The van der Waals surface area contributed by atoms with Crippen molar-refractivity contribution in [2.45, 2.75) is 20.8 Å². The fraction of sp³-hybridized carbons (Fsp3) is 0.300. The molecule has 1 heterocycles. The van der Waals surface area contributed by atoms with Crippen LogP contribution in [0, 0.1) is 17.8 Å². The Bertz CT molecular complexity index is 766. The minimum absolute atomic E-state index is 0.0154. The molecule has 0 bridgehead atoms. The SMILES string of the molecule is CC(=O)c1ccc(C(=O)N(CC#Cc2ccccc2)CC(C)C)s1. The first-order valence-corrected chi connectivity index (χ1v) is 8.73. The second-order valence-electron chi connectivity index (χ2n) is 5.97. The molecule has 0 radical (unpaired) electrons. The van der Waals surface area contributed by atoms with E-state index in [0.717, 1.165) is 5.56 Å². The molecule has 24 heavy (non-hydrogen) atoms. The zero-order chi connectivity index (χ0) is 17.5. The smallest absolute Gasteiger partial charge is 0.264 e. The first-order valence-electron chi connectivity index (χ1n) is 7.91. The molecule has 0 fully saturated rings. The number of nitrogens with zero attached hydrogens (tertiary/aromatic N) is 1. The highest BCUT2D eigenvalue weighted by Gasteiger charge is 2.18. The van der Waals surface area contributed by atoms with Gasteiger partial charge in [0.25, 0.3) is 5.91 Å². The lowest BCUT2D eigenvalue weighted by molar-refractivity contribution is 0.0764. The zero-order valence-corrected chi connectivity index (χ0v) is 15.0. The lowest BCUT2D eigenvalue weighted by Crippen LogP contribution is -2.34. The highest BCUT2D eigenvalue weighted by molar-refractivity contribution is 7.15. The normalized spacial score (nSPS) is 10.2. The first-order chi connectivity index (χ1) is 11.5. The van der Waals surface area contributed by atoms with Crippen molar-refractivity contribution in [2.75, 3.05) is 13.1 Å². The van der Waals surface area contributed by atoms with Gasteiger partial charge < -0.3 is 4.90 Å². The summed E-state index contributed by atoms with van der Waals surface area (Å²) in [6.07, 6.45) is 0. The summed E-state index contributed by atoms with van der Waals surface area (Å²) in [4.78, 5) is 27.1. The van der Waals surface area contributed by atoms with Crippen molar-refractivity contribution in [2.24, 2.45) is 5.92 Å². The van der Waals surface area contributed by atoms with Gasteiger partial charge in [-0.05, 0) is 37.1 Å². The van der Waals surface area contributed by atoms with Crippen molar-refractivity contribution < 1.29 is 9.59 Å². The van der Waals surface area contributed by atoms with E-state index in [1.54, 1.807) is 17.0 Å². The monoisotopic (exact) mass is 339 g/mol. The molecule has 1 aromatic heterocycles. The van der Waals surface area contributed by atoms with Gasteiger partial charge in [0, 0.05) is 12.1 Å². The number of benzene rings is 1. The van der Waals surface area contributed by atoms with E-state index in [0.29, 0.717) is 28.8 Å². The summed E-state index contributed by atoms with van der Waals surface area (Å²) in [5, 5.41) is 0. The van der Waals surface area contributed by atoms with Crippen LogP contribution in [0.2, 0.25) is 0 Å². The maximum absolute atomic E-state index is 12.7.